The Hall–Kier alpha value is -1.88. The molecule has 19 heavy (non-hydrogen) atoms. The Bertz CT molecular complexity index is 647. The molecule has 0 aliphatic carbocycles. The van der Waals surface area contributed by atoms with Crippen molar-refractivity contribution in [2.45, 2.75) is 0 Å². The van der Waals surface area contributed by atoms with Crippen molar-refractivity contribution in [2.75, 3.05) is 0 Å². The van der Waals surface area contributed by atoms with E-state index in [0.717, 1.165) is 18.2 Å². The van der Waals surface area contributed by atoms with E-state index in [1.54, 1.807) is 0 Å². The highest BCUT2D eigenvalue weighted by atomic mass is 35.5. The molecular formula is C13H5ClF4O. The summed E-state index contributed by atoms with van der Waals surface area (Å²) < 4.78 is 51.8. The number of ketones is 1. The van der Waals surface area contributed by atoms with Crippen LogP contribution in [0.1, 0.15) is 15.9 Å². The second-order valence-electron chi connectivity index (χ2n) is 3.71. The van der Waals surface area contributed by atoms with Crippen LogP contribution in [0.25, 0.3) is 0 Å². The van der Waals surface area contributed by atoms with E-state index in [0.29, 0.717) is 12.1 Å². The third kappa shape index (κ3) is 2.61. The van der Waals surface area contributed by atoms with Gasteiger partial charge in [0.2, 0.25) is 0 Å². The molecule has 0 fully saturated rings. The van der Waals surface area contributed by atoms with Crippen molar-refractivity contribution in [2.24, 2.45) is 0 Å². The fourth-order valence-corrected chi connectivity index (χ4v) is 1.72. The number of benzene rings is 2. The molecule has 1 nitrogen and oxygen atoms in total. The fraction of sp³-hybridized carbons (Fsp3) is 0. The van der Waals surface area contributed by atoms with Gasteiger partial charge in [-0.15, -0.1) is 0 Å². The van der Waals surface area contributed by atoms with Crippen LogP contribution in [-0.4, -0.2) is 5.78 Å². The monoisotopic (exact) mass is 288 g/mol. The number of carbonyl (C=O) groups is 1. The van der Waals surface area contributed by atoms with Gasteiger partial charge in [-0.3, -0.25) is 4.79 Å². The molecule has 2 aromatic rings. The van der Waals surface area contributed by atoms with Gasteiger partial charge in [-0.25, -0.2) is 17.6 Å². The fourth-order valence-electron chi connectivity index (χ4n) is 1.51. The zero-order chi connectivity index (χ0) is 14.2. The van der Waals surface area contributed by atoms with Gasteiger partial charge < -0.3 is 0 Å². The summed E-state index contributed by atoms with van der Waals surface area (Å²) in [5.41, 5.74) is -0.712. The van der Waals surface area contributed by atoms with Crippen molar-refractivity contribution in [1.82, 2.24) is 0 Å². The molecule has 0 amide bonds. The van der Waals surface area contributed by atoms with Crippen LogP contribution in [-0.2, 0) is 0 Å². The number of rotatable bonds is 2. The first-order valence-corrected chi connectivity index (χ1v) is 5.42. The van der Waals surface area contributed by atoms with Gasteiger partial charge in [-0.1, -0.05) is 11.6 Å². The Kier molecular flexibility index (Phi) is 3.57. The van der Waals surface area contributed by atoms with E-state index in [9.17, 15) is 22.4 Å². The van der Waals surface area contributed by atoms with Crippen LogP contribution in [0.15, 0.2) is 30.3 Å². The molecule has 0 radical (unpaired) electrons. The third-order valence-corrected chi connectivity index (χ3v) is 2.75. The first kappa shape index (κ1) is 13.5. The van der Waals surface area contributed by atoms with E-state index in [-0.39, 0.29) is 10.6 Å². The van der Waals surface area contributed by atoms with Gasteiger partial charge in [-0.2, -0.15) is 0 Å². The van der Waals surface area contributed by atoms with Gasteiger partial charge in [0.15, 0.2) is 23.2 Å². The van der Waals surface area contributed by atoms with Crippen LogP contribution in [0, 0.1) is 23.3 Å². The second-order valence-corrected chi connectivity index (χ2v) is 4.11. The molecule has 0 aliphatic rings. The number of carbonyl (C=O) groups excluding carboxylic acids is 1. The highest BCUT2D eigenvalue weighted by Crippen LogP contribution is 2.22. The molecule has 0 spiro atoms. The summed E-state index contributed by atoms with van der Waals surface area (Å²) >= 11 is 5.70. The molecule has 0 N–H and O–H groups in total. The van der Waals surface area contributed by atoms with Crippen LogP contribution in [0.4, 0.5) is 17.6 Å². The van der Waals surface area contributed by atoms with E-state index < -0.39 is 34.6 Å². The van der Waals surface area contributed by atoms with Gasteiger partial charge in [0.25, 0.3) is 0 Å². The zero-order valence-electron chi connectivity index (χ0n) is 9.18. The topological polar surface area (TPSA) is 17.1 Å². The molecule has 0 unspecified atom stereocenters. The minimum atomic E-state index is -1.68. The predicted octanol–water partition coefficient (Wildman–Crippen LogP) is 4.13. The Balaban J connectivity index is 2.53. The first-order valence-electron chi connectivity index (χ1n) is 5.04. The van der Waals surface area contributed by atoms with Crippen LogP contribution >= 0.6 is 11.6 Å². The SMILES string of the molecule is O=C(c1cc(F)c(F)c(F)c1)c1cc(F)ccc1Cl. The molecule has 0 heterocycles. The lowest BCUT2D eigenvalue weighted by atomic mass is 10.0. The smallest absolute Gasteiger partial charge is 0.194 e. The van der Waals surface area contributed by atoms with Crippen molar-refractivity contribution in [1.29, 1.82) is 0 Å². The number of hydrogen-bond acceptors (Lipinski definition) is 1. The molecule has 2 aromatic carbocycles. The van der Waals surface area contributed by atoms with Gasteiger partial charge in [0, 0.05) is 11.1 Å². The third-order valence-electron chi connectivity index (χ3n) is 2.42. The summed E-state index contributed by atoms with van der Waals surface area (Å²) in [7, 11) is 0. The predicted molar refractivity (Wildman–Crippen MR) is 61.2 cm³/mol. The first-order chi connectivity index (χ1) is 8.90. The number of hydrogen-bond donors (Lipinski definition) is 0. The molecule has 6 heteroatoms. The van der Waals surface area contributed by atoms with Crippen molar-refractivity contribution in [3.05, 3.63) is 69.8 Å². The molecular weight excluding hydrogens is 284 g/mol. The summed E-state index contributed by atoms with van der Waals surface area (Å²) in [6.45, 7) is 0. The van der Waals surface area contributed by atoms with Crippen LogP contribution in [0.2, 0.25) is 5.02 Å². The van der Waals surface area contributed by atoms with Gasteiger partial charge >= 0.3 is 0 Å². The molecule has 0 atom stereocenters. The van der Waals surface area contributed by atoms with Crippen molar-refractivity contribution < 1.29 is 22.4 Å². The normalized spacial score (nSPS) is 10.6. The molecule has 0 saturated heterocycles. The van der Waals surface area contributed by atoms with Gasteiger partial charge in [-0.05, 0) is 30.3 Å². The van der Waals surface area contributed by atoms with Crippen molar-refractivity contribution in [3.8, 4) is 0 Å². The highest BCUT2D eigenvalue weighted by Gasteiger charge is 2.18. The lowest BCUT2D eigenvalue weighted by molar-refractivity contribution is 0.103. The van der Waals surface area contributed by atoms with Crippen molar-refractivity contribution >= 4 is 17.4 Å². The lowest BCUT2D eigenvalue weighted by Gasteiger charge is -2.05. The van der Waals surface area contributed by atoms with Gasteiger partial charge in [0.1, 0.15) is 5.82 Å². The maximum atomic E-state index is 13.0. The van der Waals surface area contributed by atoms with Crippen LogP contribution < -0.4 is 0 Å². The summed E-state index contributed by atoms with van der Waals surface area (Å²) in [6, 6.07) is 4.07. The minimum Gasteiger partial charge on any atom is -0.289 e. The number of halogens is 5. The largest absolute Gasteiger partial charge is 0.289 e. The lowest BCUT2D eigenvalue weighted by Crippen LogP contribution is -2.05. The molecule has 0 saturated carbocycles. The maximum Gasteiger partial charge on any atom is 0.194 e. The van der Waals surface area contributed by atoms with E-state index in [1.807, 2.05) is 0 Å². The van der Waals surface area contributed by atoms with E-state index >= 15 is 0 Å². The Morgan fingerprint density at radius 3 is 2.11 bits per heavy atom. The maximum absolute atomic E-state index is 13.0. The van der Waals surface area contributed by atoms with Crippen LogP contribution in [0.5, 0.6) is 0 Å². The Morgan fingerprint density at radius 2 is 1.53 bits per heavy atom. The van der Waals surface area contributed by atoms with E-state index in [1.165, 1.54) is 0 Å². The summed E-state index contributed by atoms with van der Waals surface area (Å²) in [4.78, 5) is 11.9. The molecule has 98 valence electrons. The van der Waals surface area contributed by atoms with E-state index in [4.69, 9.17) is 11.6 Å². The quantitative estimate of drug-likeness (QED) is 0.461. The standard InChI is InChI=1S/C13H5ClF4O/c14-9-2-1-7(15)5-8(9)13(19)6-3-10(16)12(18)11(17)4-6/h1-5H. The highest BCUT2D eigenvalue weighted by molar-refractivity contribution is 6.34. The summed E-state index contributed by atoms with van der Waals surface area (Å²) in [5.74, 6) is -6.31. The summed E-state index contributed by atoms with van der Waals surface area (Å²) in [6.07, 6.45) is 0. The Morgan fingerprint density at radius 1 is 0.947 bits per heavy atom. The second kappa shape index (κ2) is 5.01. The molecule has 0 aliphatic heterocycles. The molecule has 0 bridgehead atoms. The molecule has 0 aromatic heterocycles. The Labute approximate surface area is 110 Å². The van der Waals surface area contributed by atoms with E-state index in [2.05, 4.69) is 0 Å². The van der Waals surface area contributed by atoms with Crippen LogP contribution in [0.3, 0.4) is 0 Å². The zero-order valence-corrected chi connectivity index (χ0v) is 9.94. The minimum absolute atomic E-state index is 0.0726. The molecule has 2 rings (SSSR count). The van der Waals surface area contributed by atoms with Crippen molar-refractivity contribution in [3.63, 3.8) is 0 Å². The average Bonchev–Trinajstić information content (AvgIpc) is 2.37. The van der Waals surface area contributed by atoms with Gasteiger partial charge in [0.05, 0.1) is 5.02 Å². The average molecular weight is 289 g/mol. The summed E-state index contributed by atoms with van der Waals surface area (Å²) in [5, 5.41) is -0.0726.